The second kappa shape index (κ2) is 8.12. The summed E-state index contributed by atoms with van der Waals surface area (Å²) >= 11 is 0. The number of hydrogen-bond donors (Lipinski definition) is 0. The van der Waals surface area contributed by atoms with Crippen molar-refractivity contribution in [1.29, 1.82) is 0 Å². The summed E-state index contributed by atoms with van der Waals surface area (Å²) in [5, 5.41) is 0. The third kappa shape index (κ3) is 3.58. The number of ether oxygens (including phenoxy) is 3. The van der Waals surface area contributed by atoms with Crippen LogP contribution in [0.15, 0.2) is 23.8 Å². The second-order valence-electron chi connectivity index (χ2n) is 6.95. The SMILES string of the molecule is CCOC(=O)C=C1CC2c3cc(OC)c(OC)cc3CCN2CC1CC. The number of hydrogen-bond acceptors (Lipinski definition) is 5. The summed E-state index contributed by atoms with van der Waals surface area (Å²) in [6.45, 7) is 6.47. The molecular weight excluding hydrogens is 330 g/mol. The first-order valence-electron chi connectivity index (χ1n) is 9.47. The number of nitrogens with zero attached hydrogens (tertiary/aromatic N) is 1. The molecule has 26 heavy (non-hydrogen) atoms. The first-order valence-corrected chi connectivity index (χ1v) is 9.47. The van der Waals surface area contributed by atoms with Crippen molar-refractivity contribution in [1.82, 2.24) is 4.90 Å². The summed E-state index contributed by atoms with van der Waals surface area (Å²) in [4.78, 5) is 14.6. The van der Waals surface area contributed by atoms with Crippen LogP contribution in [0.5, 0.6) is 11.5 Å². The van der Waals surface area contributed by atoms with Gasteiger partial charge in [-0.3, -0.25) is 4.90 Å². The zero-order valence-electron chi connectivity index (χ0n) is 16.2. The van der Waals surface area contributed by atoms with Gasteiger partial charge in [0.1, 0.15) is 0 Å². The maximum Gasteiger partial charge on any atom is 0.330 e. The summed E-state index contributed by atoms with van der Waals surface area (Å²) in [7, 11) is 3.34. The van der Waals surface area contributed by atoms with Crippen LogP contribution in [0.4, 0.5) is 0 Å². The van der Waals surface area contributed by atoms with Crippen LogP contribution in [0.2, 0.25) is 0 Å². The highest BCUT2D eigenvalue weighted by Crippen LogP contribution is 2.44. The third-order valence-electron chi connectivity index (χ3n) is 5.60. The maximum atomic E-state index is 12.0. The van der Waals surface area contributed by atoms with Crippen molar-refractivity contribution in [2.75, 3.05) is 33.9 Å². The van der Waals surface area contributed by atoms with Crippen molar-refractivity contribution in [3.05, 3.63) is 34.9 Å². The van der Waals surface area contributed by atoms with E-state index in [4.69, 9.17) is 14.2 Å². The molecule has 0 aliphatic carbocycles. The van der Waals surface area contributed by atoms with Gasteiger partial charge >= 0.3 is 5.97 Å². The average molecular weight is 359 g/mol. The Morgan fingerprint density at radius 2 is 1.96 bits per heavy atom. The highest BCUT2D eigenvalue weighted by atomic mass is 16.5. The smallest absolute Gasteiger partial charge is 0.330 e. The van der Waals surface area contributed by atoms with E-state index < -0.39 is 0 Å². The Morgan fingerprint density at radius 3 is 2.62 bits per heavy atom. The summed E-state index contributed by atoms with van der Waals surface area (Å²) in [6.07, 6.45) is 4.64. The molecule has 1 aromatic rings. The Kier molecular flexibility index (Phi) is 5.87. The van der Waals surface area contributed by atoms with E-state index in [0.717, 1.165) is 43.9 Å². The zero-order chi connectivity index (χ0) is 18.7. The molecule has 3 rings (SSSR count). The zero-order valence-corrected chi connectivity index (χ0v) is 16.2. The van der Waals surface area contributed by atoms with Crippen molar-refractivity contribution in [2.24, 2.45) is 5.92 Å². The predicted octanol–water partition coefficient (Wildman–Crippen LogP) is 3.52. The summed E-state index contributed by atoms with van der Waals surface area (Å²) < 4.78 is 16.1. The minimum atomic E-state index is -0.224. The summed E-state index contributed by atoms with van der Waals surface area (Å²) in [6, 6.07) is 4.49. The van der Waals surface area contributed by atoms with Crippen LogP contribution in [0, 0.1) is 5.92 Å². The molecule has 1 fully saturated rings. The van der Waals surface area contributed by atoms with Crippen LogP contribution in [-0.2, 0) is 16.0 Å². The molecule has 0 saturated carbocycles. The second-order valence-corrected chi connectivity index (χ2v) is 6.95. The lowest BCUT2D eigenvalue weighted by atomic mass is 9.79. The van der Waals surface area contributed by atoms with E-state index in [1.807, 2.05) is 6.92 Å². The molecule has 0 radical (unpaired) electrons. The molecular formula is C21H29NO4. The Hall–Kier alpha value is -2.01. The Morgan fingerprint density at radius 1 is 1.23 bits per heavy atom. The topological polar surface area (TPSA) is 48.0 Å². The Labute approximate surface area is 155 Å². The molecule has 5 nitrogen and oxygen atoms in total. The van der Waals surface area contributed by atoms with Crippen molar-refractivity contribution in [3.63, 3.8) is 0 Å². The van der Waals surface area contributed by atoms with E-state index in [1.165, 1.54) is 16.7 Å². The highest BCUT2D eigenvalue weighted by Gasteiger charge is 2.36. The molecule has 2 atom stereocenters. The number of esters is 1. The molecule has 5 heteroatoms. The highest BCUT2D eigenvalue weighted by molar-refractivity contribution is 5.83. The minimum Gasteiger partial charge on any atom is -0.493 e. The molecule has 142 valence electrons. The van der Waals surface area contributed by atoms with Crippen LogP contribution in [0.25, 0.3) is 0 Å². The minimum absolute atomic E-state index is 0.224. The van der Waals surface area contributed by atoms with Gasteiger partial charge in [0, 0.05) is 25.2 Å². The number of rotatable bonds is 5. The standard InChI is InChI=1S/C21H29NO4/c1-5-14-13-22-8-7-15-10-19(24-3)20(25-4)12-17(15)18(22)9-16(14)11-21(23)26-6-2/h10-12,14,18H,5-9,13H2,1-4H3. The first-order chi connectivity index (χ1) is 12.6. The van der Waals surface area contributed by atoms with Crippen molar-refractivity contribution in [3.8, 4) is 11.5 Å². The normalized spacial score (nSPS) is 23.9. The number of methoxy groups -OCH3 is 2. The number of carbonyl (C=O) groups is 1. The van der Waals surface area contributed by atoms with Crippen LogP contribution in [-0.4, -0.2) is 44.8 Å². The molecule has 1 aromatic carbocycles. The van der Waals surface area contributed by atoms with E-state index in [-0.39, 0.29) is 12.0 Å². The van der Waals surface area contributed by atoms with Crippen LogP contribution in [0.3, 0.4) is 0 Å². The lowest BCUT2D eigenvalue weighted by Gasteiger charge is -2.45. The monoisotopic (exact) mass is 359 g/mol. The van der Waals surface area contributed by atoms with E-state index in [0.29, 0.717) is 12.5 Å². The molecule has 0 aromatic heterocycles. The third-order valence-corrected chi connectivity index (χ3v) is 5.60. The maximum absolute atomic E-state index is 12.0. The number of fused-ring (bicyclic) bond motifs is 3. The molecule has 2 unspecified atom stereocenters. The van der Waals surface area contributed by atoms with Crippen LogP contribution < -0.4 is 9.47 Å². The fraction of sp³-hybridized carbons (Fsp3) is 0.571. The fourth-order valence-electron chi connectivity index (χ4n) is 4.23. The van der Waals surface area contributed by atoms with Gasteiger partial charge in [0.2, 0.25) is 0 Å². The average Bonchev–Trinajstić information content (AvgIpc) is 2.66. The van der Waals surface area contributed by atoms with Gasteiger partial charge in [0.05, 0.1) is 20.8 Å². The number of piperidine rings is 1. The quantitative estimate of drug-likeness (QED) is 0.595. The summed E-state index contributed by atoms with van der Waals surface area (Å²) in [5.41, 5.74) is 3.81. The lowest BCUT2D eigenvalue weighted by Crippen LogP contribution is -2.43. The molecule has 0 amide bonds. The molecule has 2 aliphatic rings. The van der Waals surface area contributed by atoms with Crippen molar-refractivity contribution < 1.29 is 19.0 Å². The van der Waals surface area contributed by atoms with Crippen molar-refractivity contribution in [2.45, 2.75) is 39.2 Å². The van der Waals surface area contributed by atoms with E-state index in [1.54, 1.807) is 20.3 Å². The molecule has 2 aliphatic heterocycles. The van der Waals surface area contributed by atoms with Crippen LogP contribution in [0.1, 0.15) is 43.9 Å². The van der Waals surface area contributed by atoms with Gasteiger partial charge in [-0.2, -0.15) is 0 Å². The largest absolute Gasteiger partial charge is 0.493 e. The van der Waals surface area contributed by atoms with Gasteiger partial charge in [0.15, 0.2) is 11.5 Å². The number of benzene rings is 1. The van der Waals surface area contributed by atoms with Gasteiger partial charge < -0.3 is 14.2 Å². The number of carbonyl (C=O) groups excluding carboxylic acids is 1. The molecule has 0 N–H and O–H groups in total. The Balaban J connectivity index is 1.94. The predicted molar refractivity (Wildman–Crippen MR) is 101 cm³/mol. The lowest BCUT2D eigenvalue weighted by molar-refractivity contribution is -0.137. The Bertz CT molecular complexity index is 697. The van der Waals surface area contributed by atoms with E-state index in [9.17, 15) is 4.79 Å². The van der Waals surface area contributed by atoms with Crippen LogP contribution >= 0.6 is 0 Å². The molecule has 0 bridgehead atoms. The van der Waals surface area contributed by atoms with Gasteiger partial charge in [-0.1, -0.05) is 12.5 Å². The van der Waals surface area contributed by atoms with Gasteiger partial charge in [-0.05, 0) is 55.4 Å². The molecule has 2 heterocycles. The van der Waals surface area contributed by atoms with E-state index in [2.05, 4.69) is 24.0 Å². The molecule has 0 spiro atoms. The molecule has 1 saturated heterocycles. The first kappa shape index (κ1) is 18.8. The van der Waals surface area contributed by atoms with Gasteiger partial charge in [-0.15, -0.1) is 0 Å². The fourth-order valence-corrected chi connectivity index (χ4v) is 4.23. The van der Waals surface area contributed by atoms with Crippen molar-refractivity contribution >= 4 is 5.97 Å². The van der Waals surface area contributed by atoms with Gasteiger partial charge in [-0.25, -0.2) is 4.79 Å². The summed E-state index contributed by atoms with van der Waals surface area (Å²) in [5.74, 6) is 1.74. The van der Waals surface area contributed by atoms with Gasteiger partial charge in [0.25, 0.3) is 0 Å². The van der Waals surface area contributed by atoms with E-state index >= 15 is 0 Å².